The lowest BCUT2D eigenvalue weighted by Crippen LogP contribution is -2.21. The van der Waals surface area contributed by atoms with E-state index in [0.29, 0.717) is 31.4 Å². The van der Waals surface area contributed by atoms with Gasteiger partial charge in [-0.2, -0.15) is 0 Å². The fourth-order valence-corrected chi connectivity index (χ4v) is 2.25. The number of carbonyl (C=O) groups is 1. The third kappa shape index (κ3) is 4.97. The second-order valence-corrected chi connectivity index (χ2v) is 4.90. The second-order valence-electron chi connectivity index (χ2n) is 4.90. The van der Waals surface area contributed by atoms with Gasteiger partial charge < -0.3 is 10.5 Å². The first-order valence-corrected chi connectivity index (χ1v) is 6.62. The molecule has 0 heterocycles. The number of nitrogens with two attached hydrogens (primary N) is 1. The summed E-state index contributed by atoms with van der Waals surface area (Å²) >= 11 is 0. The Kier molecular flexibility index (Phi) is 6.46. The summed E-state index contributed by atoms with van der Waals surface area (Å²) in [6, 6.07) is 0. The Morgan fingerprint density at radius 1 is 1.38 bits per heavy atom. The number of rotatable bonds is 6. The van der Waals surface area contributed by atoms with E-state index >= 15 is 0 Å². The molecule has 1 aliphatic carbocycles. The van der Waals surface area contributed by atoms with Crippen LogP contribution < -0.4 is 5.73 Å². The lowest BCUT2D eigenvalue weighted by atomic mass is 9.90. The highest BCUT2D eigenvalue weighted by molar-refractivity contribution is 5.69. The Morgan fingerprint density at radius 3 is 2.62 bits per heavy atom. The van der Waals surface area contributed by atoms with E-state index < -0.39 is 0 Å². The Bertz CT molecular complexity index is 196. The lowest BCUT2D eigenvalue weighted by molar-refractivity contribution is -0.146. The molecule has 94 valence electrons. The SMILES string of the molecule is CCC(CN)CC(=O)OCC1CCCCC1. The van der Waals surface area contributed by atoms with Crippen LogP contribution in [-0.2, 0) is 9.53 Å². The van der Waals surface area contributed by atoms with Crippen molar-refractivity contribution in [3.63, 3.8) is 0 Å². The van der Waals surface area contributed by atoms with Gasteiger partial charge in [0.1, 0.15) is 0 Å². The molecule has 2 N–H and O–H groups in total. The fraction of sp³-hybridized carbons (Fsp3) is 0.923. The molecule has 0 bridgehead atoms. The van der Waals surface area contributed by atoms with Gasteiger partial charge in [-0.15, -0.1) is 0 Å². The molecule has 1 atom stereocenters. The van der Waals surface area contributed by atoms with Gasteiger partial charge in [0.05, 0.1) is 6.61 Å². The Balaban J connectivity index is 2.13. The van der Waals surface area contributed by atoms with E-state index in [1.807, 2.05) is 0 Å². The predicted octanol–water partition coefficient (Wildman–Crippen LogP) is 2.48. The average molecular weight is 227 g/mol. The minimum atomic E-state index is -0.0668. The molecular formula is C13H25NO2. The summed E-state index contributed by atoms with van der Waals surface area (Å²) in [5, 5.41) is 0. The molecule has 16 heavy (non-hydrogen) atoms. The zero-order valence-corrected chi connectivity index (χ0v) is 10.4. The van der Waals surface area contributed by atoms with Crippen molar-refractivity contribution < 1.29 is 9.53 Å². The topological polar surface area (TPSA) is 52.3 Å². The Hall–Kier alpha value is -0.570. The van der Waals surface area contributed by atoms with Gasteiger partial charge in [-0.25, -0.2) is 0 Å². The van der Waals surface area contributed by atoms with Gasteiger partial charge in [0.25, 0.3) is 0 Å². The number of hydrogen-bond acceptors (Lipinski definition) is 3. The molecule has 1 aliphatic rings. The van der Waals surface area contributed by atoms with E-state index in [-0.39, 0.29) is 5.97 Å². The van der Waals surface area contributed by atoms with E-state index in [4.69, 9.17) is 10.5 Å². The van der Waals surface area contributed by atoms with Crippen molar-refractivity contribution in [1.29, 1.82) is 0 Å². The molecule has 1 saturated carbocycles. The van der Waals surface area contributed by atoms with Gasteiger partial charge in [-0.1, -0.05) is 32.6 Å². The van der Waals surface area contributed by atoms with Crippen LogP contribution in [-0.4, -0.2) is 19.1 Å². The molecule has 1 unspecified atom stereocenters. The fourth-order valence-electron chi connectivity index (χ4n) is 2.25. The molecule has 0 saturated heterocycles. The maximum atomic E-state index is 11.5. The number of esters is 1. The summed E-state index contributed by atoms with van der Waals surface area (Å²) in [5.74, 6) is 0.831. The number of carbonyl (C=O) groups excluding carboxylic acids is 1. The van der Waals surface area contributed by atoms with Gasteiger partial charge in [-0.3, -0.25) is 4.79 Å². The second kappa shape index (κ2) is 7.66. The zero-order chi connectivity index (χ0) is 11.8. The van der Waals surface area contributed by atoms with Gasteiger partial charge in [-0.05, 0) is 31.2 Å². The van der Waals surface area contributed by atoms with E-state index in [1.165, 1.54) is 32.1 Å². The Morgan fingerprint density at radius 2 is 2.06 bits per heavy atom. The summed E-state index contributed by atoms with van der Waals surface area (Å²) in [6.45, 7) is 3.26. The van der Waals surface area contributed by atoms with Crippen LogP contribution in [0.15, 0.2) is 0 Å². The quantitative estimate of drug-likeness (QED) is 0.709. The van der Waals surface area contributed by atoms with Crippen molar-refractivity contribution in [2.75, 3.05) is 13.2 Å². The van der Waals surface area contributed by atoms with Crippen molar-refractivity contribution in [3.8, 4) is 0 Å². The summed E-state index contributed by atoms with van der Waals surface area (Å²) < 4.78 is 5.32. The minimum Gasteiger partial charge on any atom is -0.465 e. The van der Waals surface area contributed by atoms with Gasteiger partial charge in [0.15, 0.2) is 0 Å². The highest BCUT2D eigenvalue weighted by atomic mass is 16.5. The normalized spacial score (nSPS) is 19.4. The van der Waals surface area contributed by atoms with Crippen molar-refractivity contribution >= 4 is 5.97 Å². The third-order valence-electron chi connectivity index (χ3n) is 3.57. The first-order valence-electron chi connectivity index (χ1n) is 6.62. The average Bonchev–Trinajstić information content (AvgIpc) is 2.34. The monoisotopic (exact) mass is 227 g/mol. The highest BCUT2D eigenvalue weighted by Gasteiger charge is 2.17. The van der Waals surface area contributed by atoms with Gasteiger partial charge >= 0.3 is 5.97 Å². The molecule has 0 aliphatic heterocycles. The van der Waals surface area contributed by atoms with E-state index in [0.717, 1.165) is 6.42 Å². The predicted molar refractivity (Wildman–Crippen MR) is 65.0 cm³/mol. The van der Waals surface area contributed by atoms with Gasteiger partial charge in [0.2, 0.25) is 0 Å². The van der Waals surface area contributed by atoms with Crippen LogP contribution in [0, 0.1) is 11.8 Å². The molecule has 3 nitrogen and oxygen atoms in total. The molecule has 0 radical (unpaired) electrons. The molecule has 0 aromatic carbocycles. The molecule has 0 aromatic heterocycles. The van der Waals surface area contributed by atoms with Crippen LogP contribution in [0.1, 0.15) is 51.9 Å². The molecule has 0 spiro atoms. The maximum absolute atomic E-state index is 11.5. The Labute approximate surface area is 98.7 Å². The zero-order valence-electron chi connectivity index (χ0n) is 10.4. The summed E-state index contributed by atoms with van der Waals surface area (Å²) in [4.78, 5) is 11.5. The van der Waals surface area contributed by atoms with Gasteiger partial charge in [0, 0.05) is 6.42 Å². The van der Waals surface area contributed by atoms with E-state index in [2.05, 4.69) is 6.92 Å². The number of hydrogen-bond donors (Lipinski definition) is 1. The summed E-state index contributed by atoms with van der Waals surface area (Å²) in [7, 11) is 0. The maximum Gasteiger partial charge on any atom is 0.306 e. The van der Waals surface area contributed by atoms with Crippen LogP contribution in [0.3, 0.4) is 0 Å². The molecule has 1 fully saturated rings. The smallest absolute Gasteiger partial charge is 0.306 e. The summed E-state index contributed by atoms with van der Waals surface area (Å²) in [5.41, 5.74) is 5.56. The van der Waals surface area contributed by atoms with E-state index in [9.17, 15) is 4.79 Å². The lowest BCUT2D eigenvalue weighted by Gasteiger charge is -2.21. The number of ether oxygens (including phenoxy) is 1. The van der Waals surface area contributed by atoms with Crippen LogP contribution >= 0.6 is 0 Å². The van der Waals surface area contributed by atoms with Crippen LogP contribution in [0.5, 0.6) is 0 Å². The van der Waals surface area contributed by atoms with Crippen molar-refractivity contribution in [1.82, 2.24) is 0 Å². The van der Waals surface area contributed by atoms with Crippen LogP contribution in [0.4, 0.5) is 0 Å². The minimum absolute atomic E-state index is 0.0668. The standard InChI is InChI=1S/C13H25NO2/c1-2-11(9-14)8-13(15)16-10-12-6-4-3-5-7-12/h11-12H,2-10,14H2,1H3. The van der Waals surface area contributed by atoms with Crippen LogP contribution in [0.25, 0.3) is 0 Å². The summed E-state index contributed by atoms with van der Waals surface area (Å²) in [6.07, 6.45) is 7.82. The highest BCUT2D eigenvalue weighted by Crippen LogP contribution is 2.23. The largest absolute Gasteiger partial charge is 0.465 e. The first kappa shape index (κ1) is 13.5. The third-order valence-corrected chi connectivity index (χ3v) is 3.57. The van der Waals surface area contributed by atoms with Crippen molar-refractivity contribution in [2.45, 2.75) is 51.9 Å². The van der Waals surface area contributed by atoms with Crippen molar-refractivity contribution in [3.05, 3.63) is 0 Å². The van der Waals surface area contributed by atoms with Crippen LogP contribution in [0.2, 0.25) is 0 Å². The van der Waals surface area contributed by atoms with Crippen molar-refractivity contribution in [2.24, 2.45) is 17.6 Å². The first-order chi connectivity index (χ1) is 7.76. The molecule has 3 heteroatoms. The molecular weight excluding hydrogens is 202 g/mol. The molecule has 0 aromatic rings. The van der Waals surface area contributed by atoms with E-state index in [1.54, 1.807) is 0 Å². The molecule has 0 amide bonds. The molecule has 1 rings (SSSR count).